The molecule has 1 unspecified atom stereocenters. The van der Waals surface area contributed by atoms with Crippen molar-refractivity contribution in [3.63, 3.8) is 0 Å². The Morgan fingerprint density at radius 2 is 2.00 bits per heavy atom. The summed E-state index contributed by atoms with van der Waals surface area (Å²) in [4.78, 5) is 24.9. The highest BCUT2D eigenvalue weighted by Gasteiger charge is 2.38. The lowest BCUT2D eigenvalue weighted by Crippen LogP contribution is -2.55. The van der Waals surface area contributed by atoms with Gasteiger partial charge < -0.3 is 19.5 Å². The zero-order valence-corrected chi connectivity index (χ0v) is 14.2. The topological polar surface area (TPSA) is 110 Å². The van der Waals surface area contributed by atoms with Crippen LogP contribution in [0.1, 0.15) is 5.56 Å². The first kappa shape index (κ1) is 18.1. The average molecular weight is 357 g/mol. The first-order valence-electron chi connectivity index (χ1n) is 7.21. The summed E-state index contributed by atoms with van der Waals surface area (Å²) in [6.07, 6.45) is -0.0863. The molecule has 0 radical (unpaired) electrons. The fourth-order valence-electron chi connectivity index (χ4n) is 2.57. The molecule has 132 valence electrons. The van der Waals surface area contributed by atoms with Crippen LogP contribution in [0.3, 0.4) is 0 Å². The highest BCUT2D eigenvalue weighted by Crippen LogP contribution is 2.26. The van der Waals surface area contributed by atoms with Gasteiger partial charge in [0.25, 0.3) is 0 Å². The second kappa shape index (κ2) is 7.08. The molecule has 1 N–H and O–H groups in total. The molecular formula is C15H19NO7S. The molecule has 0 saturated carbocycles. The van der Waals surface area contributed by atoms with Gasteiger partial charge >= 0.3 is 5.97 Å². The van der Waals surface area contributed by atoms with Crippen LogP contribution in [0.25, 0.3) is 0 Å². The monoisotopic (exact) mass is 357 g/mol. The van der Waals surface area contributed by atoms with E-state index in [1.54, 1.807) is 18.2 Å². The van der Waals surface area contributed by atoms with Crippen molar-refractivity contribution in [3.05, 3.63) is 23.8 Å². The summed E-state index contributed by atoms with van der Waals surface area (Å²) in [6, 6.07) is 3.59. The molecular weight excluding hydrogens is 338 g/mol. The van der Waals surface area contributed by atoms with Crippen molar-refractivity contribution in [2.24, 2.45) is 0 Å². The number of carbonyl (C=O) groups is 2. The summed E-state index contributed by atoms with van der Waals surface area (Å²) < 4.78 is 33.6. The molecule has 24 heavy (non-hydrogen) atoms. The summed E-state index contributed by atoms with van der Waals surface area (Å²) >= 11 is 0. The van der Waals surface area contributed by atoms with Crippen molar-refractivity contribution >= 4 is 21.7 Å². The van der Waals surface area contributed by atoms with Crippen LogP contribution in [-0.2, 0) is 25.8 Å². The minimum atomic E-state index is -3.45. The van der Waals surface area contributed by atoms with Gasteiger partial charge in [-0.3, -0.25) is 4.79 Å². The van der Waals surface area contributed by atoms with E-state index in [0.717, 1.165) is 4.90 Å². The van der Waals surface area contributed by atoms with Crippen molar-refractivity contribution in [3.8, 4) is 11.5 Å². The van der Waals surface area contributed by atoms with Crippen LogP contribution in [0.4, 0.5) is 0 Å². The number of amides is 1. The zero-order valence-electron chi connectivity index (χ0n) is 13.4. The van der Waals surface area contributed by atoms with Gasteiger partial charge in [-0.2, -0.15) is 0 Å². The van der Waals surface area contributed by atoms with Crippen molar-refractivity contribution in [1.29, 1.82) is 0 Å². The van der Waals surface area contributed by atoms with Gasteiger partial charge in [0, 0.05) is 18.2 Å². The van der Waals surface area contributed by atoms with Crippen LogP contribution in [0.5, 0.6) is 11.5 Å². The molecule has 0 spiro atoms. The smallest absolute Gasteiger partial charge is 0.327 e. The van der Waals surface area contributed by atoms with E-state index in [2.05, 4.69) is 0 Å². The molecule has 1 aliphatic heterocycles. The molecule has 8 nitrogen and oxygen atoms in total. The molecule has 2 rings (SSSR count). The Morgan fingerprint density at radius 1 is 1.29 bits per heavy atom. The summed E-state index contributed by atoms with van der Waals surface area (Å²) in [7, 11) is -0.494. The Morgan fingerprint density at radius 3 is 2.58 bits per heavy atom. The van der Waals surface area contributed by atoms with E-state index >= 15 is 0 Å². The van der Waals surface area contributed by atoms with Crippen LogP contribution in [0.2, 0.25) is 0 Å². The Balaban J connectivity index is 2.21. The van der Waals surface area contributed by atoms with E-state index in [1.165, 1.54) is 14.2 Å². The predicted molar refractivity (Wildman–Crippen MR) is 85.0 cm³/mol. The first-order chi connectivity index (χ1) is 11.3. The van der Waals surface area contributed by atoms with Crippen LogP contribution < -0.4 is 9.47 Å². The van der Waals surface area contributed by atoms with Crippen molar-refractivity contribution < 1.29 is 32.6 Å². The number of hydrogen-bond acceptors (Lipinski definition) is 6. The Bertz CT molecular complexity index is 744. The number of rotatable bonds is 5. The van der Waals surface area contributed by atoms with E-state index in [9.17, 15) is 23.1 Å². The van der Waals surface area contributed by atoms with E-state index in [0.29, 0.717) is 17.1 Å². The van der Waals surface area contributed by atoms with Crippen LogP contribution in [0.15, 0.2) is 18.2 Å². The maximum absolute atomic E-state index is 12.5. The number of benzene rings is 1. The third-order valence-corrected chi connectivity index (χ3v) is 5.50. The van der Waals surface area contributed by atoms with Crippen LogP contribution in [0, 0.1) is 0 Å². The van der Waals surface area contributed by atoms with E-state index in [4.69, 9.17) is 9.47 Å². The summed E-state index contributed by atoms with van der Waals surface area (Å²) in [5, 5.41) is 9.23. The largest absolute Gasteiger partial charge is 0.497 e. The number of sulfone groups is 1. The highest BCUT2D eigenvalue weighted by atomic mass is 32.2. The standard InChI is InChI=1S/C15H19NO7S/c1-22-11-4-3-10(13(8-11)23-2)7-14(17)16-5-6-24(20,21)9-12(16)15(18)19/h3-4,8,12H,5-7,9H2,1-2H3,(H,18,19). The molecule has 1 aliphatic rings. The number of carbonyl (C=O) groups excluding carboxylic acids is 1. The second-order valence-corrected chi connectivity index (χ2v) is 7.64. The summed E-state index contributed by atoms with van der Waals surface area (Å²) in [5.74, 6) is -1.57. The molecule has 1 heterocycles. The first-order valence-corrected chi connectivity index (χ1v) is 9.03. The normalized spacial score (nSPS) is 19.6. The second-order valence-electron chi connectivity index (χ2n) is 5.41. The van der Waals surface area contributed by atoms with Crippen LogP contribution >= 0.6 is 0 Å². The average Bonchev–Trinajstić information content (AvgIpc) is 2.54. The molecule has 9 heteroatoms. The molecule has 1 aromatic carbocycles. The number of nitrogens with zero attached hydrogens (tertiary/aromatic N) is 1. The zero-order chi connectivity index (χ0) is 17.9. The van der Waals surface area contributed by atoms with Gasteiger partial charge in [-0.25, -0.2) is 13.2 Å². The Hall–Kier alpha value is -2.29. The fraction of sp³-hybridized carbons (Fsp3) is 0.467. The van der Waals surface area contributed by atoms with Crippen LogP contribution in [-0.4, -0.2) is 68.6 Å². The molecule has 0 bridgehead atoms. The molecule has 1 aromatic rings. The number of ether oxygens (including phenoxy) is 2. The van der Waals surface area contributed by atoms with Gasteiger partial charge in [-0.15, -0.1) is 0 Å². The molecule has 1 saturated heterocycles. The number of methoxy groups -OCH3 is 2. The summed E-state index contributed by atoms with van der Waals surface area (Å²) in [6.45, 7) is -0.128. The lowest BCUT2D eigenvalue weighted by molar-refractivity contribution is -0.149. The van der Waals surface area contributed by atoms with Gasteiger partial charge in [-0.1, -0.05) is 6.07 Å². The van der Waals surface area contributed by atoms with E-state index in [-0.39, 0.29) is 18.7 Å². The number of carboxylic acid groups (broad SMARTS) is 1. The molecule has 1 atom stereocenters. The quantitative estimate of drug-likeness (QED) is 0.787. The SMILES string of the molecule is COc1ccc(CC(=O)N2CCS(=O)(=O)CC2C(=O)O)c(OC)c1. The Labute approximate surface area is 139 Å². The summed E-state index contributed by atoms with van der Waals surface area (Å²) in [5.41, 5.74) is 0.570. The fourth-order valence-corrected chi connectivity index (χ4v) is 4.02. The Kier molecular flexibility index (Phi) is 5.33. The number of aliphatic carboxylic acids is 1. The molecule has 1 amide bonds. The van der Waals surface area contributed by atoms with Gasteiger partial charge in [-0.05, 0) is 6.07 Å². The molecule has 1 fully saturated rings. The van der Waals surface area contributed by atoms with E-state index in [1.807, 2.05) is 0 Å². The number of carboxylic acids is 1. The lowest BCUT2D eigenvalue weighted by atomic mass is 10.1. The van der Waals surface area contributed by atoms with Gasteiger partial charge in [0.15, 0.2) is 9.84 Å². The minimum absolute atomic E-state index is 0.0863. The van der Waals surface area contributed by atoms with Gasteiger partial charge in [0.2, 0.25) is 5.91 Å². The maximum Gasteiger partial charge on any atom is 0.327 e. The van der Waals surface area contributed by atoms with Gasteiger partial charge in [0.05, 0.1) is 32.1 Å². The van der Waals surface area contributed by atoms with Gasteiger partial charge in [0.1, 0.15) is 17.5 Å². The maximum atomic E-state index is 12.5. The predicted octanol–water partition coefficient (Wildman–Crippen LogP) is -0.0435. The highest BCUT2D eigenvalue weighted by molar-refractivity contribution is 7.91. The minimum Gasteiger partial charge on any atom is -0.497 e. The lowest BCUT2D eigenvalue weighted by Gasteiger charge is -2.32. The third-order valence-electron chi connectivity index (χ3n) is 3.87. The van der Waals surface area contributed by atoms with E-state index < -0.39 is 33.5 Å². The number of hydrogen-bond donors (Lipinski definition) is 1. The van der Waals surface area contributed by atoms with Crippen molar-refractivity contribution in [2.75, 3.05) is 32.3 Å². The third kappa shape index (κ3) is 3.97. The molecule has 0 aliphatic carbocycles. The van der Waals surface area contributed by atoms with Crippen molar-refractivity contribution in [2.45, 2.75) is 12.5 Å². The van der Waals surface area contributed by atoms with Crippen molar-refractivity contribution in [1.82, 2.24) is 4.90 Å². The molecule has 0 aromatic heterocycles.